The molecule has 0 saturated heterocycles. The molecule has 0 aliphatic carbocycles. The highest BCUT2D eigenvalue weighted by Crippen LogP contribution is 2.27. The highest BCUT2D eigenvalue weighted by Gasteiger charge is 2.06. The summed E-state index contributed by atoms with van der Waals surface area (Å²) in [6.45, 7) is 0. The Hall–Kier alpha value is -0.820. The zero-order chi connectivity index (χ0) is 14.5. The zero-order valence-corrected chi connectivity index (χ0v) is 14.8. The van der Waals surface area contributed by atoms with E-state index < -0.39 is 0 Å². The smallest absolute Gasteiger partial charge is 0.150 e. The fourth-order valence-corrected chi connectivity index (χ4v) is 4.24. The van der Waals surface area contributed by atoms with Crippen molar-refractivity contribution in [2.75, 3.05) is 0 Å². The third-order valence-corrected chi connectivity index (χ3v) is 5.51. The lowest BCUT2D eigenvalue weighted by Gasteiger charge is -1.98. The van der Waals surface area contributed by atoms with Gasteiger partial charge in [0.05, 0.1) is 7.57 Å². The maximum atomic E-state index is 11.2. The summed E-state index contributed by atoms with van der Waals surface area (Å²) < 4.78 is 1.96. The number of aldehydes is 2. The van der Waals surface area contributed by atoms with E-state index in [1.54, 1.807) is 12.2 Å². The van der Waals surface area contributed by atoms with Crippen LogP contribution in [0.4, 0.5) is 0 Å². The molecule has 102 valence electrons. The Bertz CT molecular complexity index is 635. The number of thiophene rings is 2. The van der Waals surface area contributed by atoms with Crippen LogP contribution in [0.25, 0.3) is 12.2 Å². The number of carbonyl (C=O) groups is 2. The molecule has 0 aromatic carbocycles. The summed E-state index contributed by atoms with van der Waals surface area (Å²) in [5.41, 5.74) is 0.748. The van der Waals surface area contributed by atoms with Gasteiger partial charge in [-0.3, -0.25) is 9.59 Å². The number of halogens is 2. The van der Waals surface area contributed by atoms with Gasteiger partial charge in [0.1, 0.15) is 0 Å². The predicted octanol–water partition coefficient (Wildman–Crippen LogP) is 5.20. The molecule has 0 spiro atoms. The lowest BCUT2D eigenvalue weighted by molar-refractivity contribution is -0.107. The average molecular weight is 432 g/mol. The summed E-state index contributed by atoms with van der Waals surface area (Å²) in [7, 11) is 0. The topological polar surface area (TPSA) is 34.1 Å². The average Bonchev–Trinajstić information content (AvgIpc) is 3.02. The van der Waals surface area contributed by atoms with E-state index in [-0.39, 0.29) is 0 Å². The zero-order valence-electron chi connectivity index (χ0n) is 10.0. The highest BCUT2D eigenvalue weighted by atomic mass is 79.9. The second-order valence-corrected chi connectivity index (χ2v) is 8.71. The monoisotopic (exact) mass is 430 g/mol. The molecule has 0 amide bonds. The van der Waals surface area contributed by atoms with Crippen molar-refractivity contribution in [3.05, 3.63) is 52.7 Å². The van der Waals surface area contributed by atoms with Crippen LogP contribution < -0.4 is 0 Å². The maximum Gasteiger partial charge on any atom is 0.150 e. The molecular formula is C14H8Br2O2S2. The molecule has 0 N–H and O–H groups in total. The van der Waals surface area contributed by atoms with Crippen LogP contribution in [-0.2, 0) is 9.59 Å². The van der Waals surface area contributed by atoms with Gasteiger partial charge < -0.3 is 0 Å². The van der Waals surface area contributed by atoms with Gasteiger partial charge in [-0.25, -0.2) is 0 Å². The van der Waals surface area contributed by atoms with Crippen LogP contribution in [0.2, 0.25) is 0 Å². The number of rotatable bonds is 5. The van der Waals surface area contributed by atoms with Gasteiger partial charge in [0.25, 0.3) is 0 Å². The van der Waals surface area contributed by atoms with E-state index in [9.17, 15) is 9.59 Å². The molecule has 0 aliphatic rings. The minimum absolute atomic E-state index is 0.374. The quantitative estimate of drug-likeness (QED) is 0.370. The van der Waals surface area contributed by atoms with E-state index in [0.717, 1.165) is 17.3 Å². The van der Waals surface area contributed by atoms with Crippen molar-refractivity contribution in [3.8, 4) is 0 Å². The molecule has 2 nitrogen and oxygen atoms in total. The Morgan fingerprint density at radius 3 is 1.45 bits per heavy atom. The van der Waals surface area contributed by atoms with Gasteiger partial charge in [-0.05, 0) is 68.3 Å². The van der Waals surface area contributed by atoms with E-state index in [4.69, 9.17) is 0 Å². The van der Waals surface area contributed by atoms with E-state index in [0.29, 0.717) is 23.7 Å². The van der Waals surface area contributed by atoms with Crippen molar-refractivity contribution >= 4 is 79.3 Å². The summed E-state index contributed by atoms with van der Waals surface area (Å²) in [5.74, 6) is 0. The molecule has 20 heavy (non-hydrogen) atoms. The molecule has 6 heteroatoms. The summed E-state index contributed by atoms with van der Waals surface area (Å²) in [4.78, 5) is 24.3. The van der Waals surface area contributed by atoms with E-state index >= 15 is 0 Å². The van der Waals surface area contributed by atoms with E-state index in [2.05, 4.69) is 31.9 Å². The van der Waals surface area contributed by atoms with E-state index in [1.165, 1.54) is 22.7 Å². The first kappa shape index (κ1) is 15.6. The lowest BCUT2D eigenvalue weighted by atomic mass is 10.1. The van der Waals surface area contributed by atoms with Gasteiger partial charge in [-0.1, -0.05) is 0 Å². The summed E-state index contributed by atoms with van der Waals surface area (Å²) in [6, 6.07) is 7.59. The van der Waals surface area contributed by atoms with Crippen molar-refractivity contribution in [3.63, 3.8) is 0 Å². The normalized spacial score (nSPS) is 12.5. The molecule has 0 aliphatic heterocycles. The molecule has 0 radical (unpaired) electrons. The molecular weight excluding hydrogens is 424 g/mol. The van der Waals surface area contributed by atoms with Gasteiger partial charge in [-0.15, -0.1) is 22.7 Å². The van der Waals surface area contributed by atoms with Crippen LogP contribution in [0.1, 0.15) is 9.75 Å². The van der Waals surface area contributed by atoms with Crippen LogP contribution in [0.3, 0.4) is 0 Å². The molecule has 0 bridgehead atoms. The summed E-state index contributed by atoms with van der Waals surface area (Å²) in [6.07, 6.45) is 4.84. The third-order valence-electron chi connectivity index (χ3n) is 2.37. The SMILES string of the molecule is O=CC(=C/c1ccc(Br)s1)/C(C=O)=C\c1ccc(Br)s1. The largest absolute Gasteiger partial charge is 0.298 e. The summed E-state index contributed by atoms with van der Waals surface area (Å²) >= 11 is 9.74. The molecule has 0 saturated carbocycles. The van der Waals surface area contributed by atoms with Crippen molar-refractivity contribution in [1.82, 2.24) is 0 Å². The molecule has 0 fully saturated rings. The Morgan fingerprint density at radius 1 is 0.800 bits per heavy atom. The third kappa shape index (κ3) is 4.09. The van der Waals surface area contributed by atoms with Crippen molar-refractivity contribution in [1.29, 1.82) is 0 Å². The van der Waals surface area contributed by atoms with Crippen LogP contribution in [0.15, 0.2) is 43.0 Å². The van der Waals surface area contributed by atoms with Crippen LogP contribution in [0.5, 0.6) is 0 Å². The van der Waals surface area contributed by atoms with Gasteiger partial charge in [0.2, 0.25) is 0 Å². The second-order valence-electron chi connectivity index (χ2n) is 3.72. The van der Waals surface area contributed by atoms with Gasteiger partial charge in [-0.2, -0.15) is 0 Å². The molecule has 2 aromatic rings. The number of hydrogen-bond donors (Lipinski definition) is 0. The fraction of sp³-hybridized carbons (Fsp3) is 0. The first-order valence-corrected chi connectivity index (χ1v) is 8.69. The van der Waals surface area contributed by atoms with Crippen molar-refractivity contribution in [2.45, 2.75) is 0 Å². The number of carbonyl (C=O) groups excluding carboxylic acids is 2. The second kappa shape index (κ2) is 7.26. The van der Waals surface area contributed by atoms with Gasteiger partial charge >= 0.3 is 0 Å². The molecule has 0 atom stereocenters. The summed E-state index contributed by atoms with van der Waals surface area (Å²) in [5, 5.41) is 0. The van der Waals surface area contributed by atoms with Crippen molar-refractivity contribution < 1.29 is 9.59 Å². The van der Waals surface area contributed by atoms with Gasteiger partial charge in [0, 0.05) is 20.9 Å². The number of hydrogen-bond acceptors (Lipinski definition) is 4. The Balaban J connectivity index is 2.37. The highest BCUT2D eigenvalue weighted by molar-refractivity contribution is 9.11. The Kier molecular flexibility index (Phi) is 5.65. The maximum absolute atomic E-state index is 11.2. The van der Waals surface area contributed by atoms with Crippen LogP contribution in [-0.4, -0.2) is 12.6 Å². The minimum atomic E-state index is 0.374. The van der Waals surface area contributed by atoms with E-state index in [1.807, 2.05) is 24.3 Å². The fourth-order valence-electron chi connectivity index (χ4n) is 1.49. The first-order chi connectivity index (χ1) is 9.62. The van der Waals surface area contributed by atoms with Crippen molar-refractivity contribution in [2.24, 2.45) is 0 Å². The Morgan fingerprint density at radius 2 is 1.20 bits per heavy atom. The van der Waals surface area contributed by atoms with Gasteiger partial charge in [0.15, 0.2) is 12.6 Å². The number of allylic oxidation sites excluding steroid dienone is 2. The first-order valence-electron chi connectivity index (χ1n) is 5.47. The standard InChI is InChI=1S/C14H8Br2O2S2/c15-13-3-1-11(19-13)5-9(7-17)10(8-18)6-12-2-4-14(16)20-12/h1-8H/b9-5-,10-6-. The van der Waals surface area contributed by atoms with Crippen LogP contribution in [0, 0.1) is 0 Å². The van der Waals surface area contributed by atoms with Crippen LogP contribution >= 0.6 is 54.5 Å². The Labute approximate surface area is 141 Å². The lowest BCUT2D eigenvalue weighted by Crippen LogP contribution is -1.92. The predicted molar refractivity (Wildman–Crippen MR) is 92.1 cm³/mol. The molecule has 2 rings (SSSR count). The molecule has 0 unspecified atom stereocenters. The minimum Gasteiger partial charge on any atom is -0.298 e. The molecule has 2 aromatic heterocycles. The molecule has 2 heterocycles.